The lowest BCUT2D eigenvalue weighted by Crippen LogP contribution is -2.25. The minimum atomic E-state index is 0.00341. The van der Waals surface area contributed by atoms with Crippen LogP contribution >= 0.6 is 11.3 Å². The molecule has 5 heteroatoms. The number of ether oxygens (including phenoxy) is 1. The van der Waals surface area contributed by atoms with Gasteiger partial charge in [0.2, 0.25) is 0 Å². The van der Waals surface area contributed by atoms with E-state index in [4.69, 9.17) is 10.5 Å². The first-order valence-electron chi connectivity index (χ1n) is 6.87. The normalized spacial score (nSPS) is 18.5. The topological polar surface area (TPSA) is 64.4 Å². The van der Waals surface area contributed by atoms with Crippen LogP contribution in [0, 0.1) is 5.92 Å². The summed E-state index contributed by atoms with van der Waals surface area (Å²) >= 11 is 1.50. The molecule has 0 aliphatic carbocycles. The van der Waals surface area contributed by atoms with Crippen molar-refractivity contribution in [3.05, 3.63) is 29.1 Å². The first-order chi connectivity index (χ1) is 9.72. The molecule has 2 aromatic rings. The van der Waals surface area contributed by atoms with Crippen LogP contribution in [0.2, 0.25) is 0 Å². The van der Waals surface area contributed by atoms with Crippen molar-refractivity contribution < 1.29 is 9.53 Å². The van der Waals surface area contributed by atoms with E-state index in [1.165, 1.54) is 11.3 Å². The number of carbonyl (C=O) groups excluding carboxylic acids is 1. The van der Waals surface area contributed by atoms with Crippen LogP contribution in [0.4, 0.5) is 5.69 Å². The van der Waals surface area contributed by atoms with Gasteiger partial charge in [-0.25, -0.2) is 0 Å². The highest BCUT2D eigenvalue weighted by atomic mass is 32.1. The van der Waals surface area contributed by atoms with Crippen LogP contribution in [0.25, 0.3) is 10.1 Å². The summed E-state index contributed by atoms with van der Waals surface area (Å²) in [6.07, 6.45) is 2.10. The molecular formula is C15H18N2O2S. The van der Waals surface area contributed by atoms with Gasteiger partial charge in [0.05, 0.1) is 4.88 Å². The molecular weight excluding hydrogens is 272 g/mol. The Hall–Kier alpha value is -1.59. The maximum Gasteiger partial charge on any atom is 0.261 e. The number of nitrogens with one attached hydrogen (secondary N) is 1. The van der Waals surface area contributed by atoms with Gasteiger partial charge in [0.15, 0.2) is 0 Å². The standard InChI is InChI=1S/C15H18N2O2S/c16-12-1-2-13-11(7-12)8-14(20-13)15(18)17-5-3-10-4-6-19-9-10/h1-2,7-8,10H,3-6,9,16H2,(H,17,18). The summed E-state index contributed by atoms with van der Waals surface area (Å²) in [6, 6.07) is 7.63. The van der Waals surface area contributed by atoms with Crippen molar-refractivity contribution in [2.75, 3.05) is 25.5 Å². The van der Waals surface area contributed by atoms with E-state index in [1.807, 2.05) is 24.3 Å². The Labute approximate surface area is 121 Å². The van der Waals surface area contributed by atoms with Crippen molar-refractivity contribution in [1.29, 1.82) is 0 Å². The Morgan fingerprint density at radius 1 is 1.45 bits per heavy atom. The third kappa shape index (κ3) is 2.94. The largest absolute Gasteiger partial charge is 0.399 e. The molecule has 1 fully saturated rings. The van der Waals surface area contributed by atoms with Gasteiger partial charge in [0.25, 0.3) is 5.91 Å². The highest BCUT2D eigenvalue weighted by Gasteiger charge is 2.16. The molecule has 1 amide bonds. The minimum absolute atomic E-state index is 0.00341. The van der Waals surface area contributed by atoms with E-state index in [2.05, 4.69) is 5.32 Å². The average Bonchev–Trinajstić information content (AvgIpc) is 3.06. The van der Waals surface area contributed by atoms with Gasteiger partial charge in [-0.05, 0) is 48.4 Å². The highest BCUT2D eigenvalue weighted by Crippen LogP contribution is 2.27. The summed E-state index contributed by atoms with van der Waals surface area (Å²) in [5.74, 6) is 0.598. The zero-order valence-corrected chi connectivity index (χ0v) is 12.0. The Bertz CT molecular complexity index is 617. The van der Waals surface area contributed by atoms with Gasteiger partial charge in [-0.3, -0.25) is 4.79 Å². The van der Waals surface area contributed by atoms with Crippen molar-refractivity contribution in [3.63, 3.8) is 0 Å². The van der Waals surface area contributed by atoms with E-state index >= 15 is 0 Å². The number of fused-ring (bicyclic) bond motifs is 1. The van der Waals surface area contributed by atoms with E-state index < -0.39 is 0 Å². The van der Waals surface area contributed by atoms with Gasteiger partial charge >= 0.3 is 0 Å². The molecule has 0 spiro atoms. The van der Waals surface area contributed by atoms with Crippen LogP contribution in [-0.2, 0) is 4.74 Å². The molecule has 3 N–H and O–H groups in total. The molecule has 1 aliphatic rings. The Kier molecular flexibility index (Phi) is 3.89. The zero-order chi connectivity index (χ0) is 13.9. The summed E-state index contributed by atoms with van der Waals surface area (Å²) in [5, 5.41) is 4.02. The third-order valence-electron chi connectivity index (χ3n) is 3.63. The monoisotopic (exact) mass is 290 g/mol. The van der Waals surface area contributed by atoms with Gasteiger partial charge in [-0.1, -0.05) is 0 Å². The average molecular weight is 290 g/mol. The maximum atomic E-state index is 12.1. The molecule has 1 aromatic heterocycles. The van der Waals surface area contributed by atoms with Crippen LogP contribution in [0.1, 0.15) is 22.5 Å². The molecule has 0 saturated carbocycles. The Balaban J connectivity index is 1.60. The summed E-state index contributed by atoms with van der Waals surface area (Å²) in [7, 11) is 0. The second-order valence-corrected chi connectivity index (χ2v) is 6.27. The van der Waals surface area contributed by atoms with E-state index in [0.29, 0.717) is 12.5 Å². The van der Waals surface area contributed by atoms with Gasteiger partial charge in [-0.2, -0.15) is 0 Å². The van der Waals surface area contributed by atoms with E-state index in [1.54, 1.807) is 0 Å². The van der Waals surface area contributed by atoms with Crippen LogP contribution in [0.15, 0.2) is 24.3 Å². The molecule has 2 heterocycles. The number of nitrogens with two attached hydrogens (primary N) is 1. The van der Waals surface area contributed by atoms with E-state index in [-0.39, 0.29) is 5.91 Å². The van der Waals surface area contributed by atoms with E-state index in [9.17, 15) is 4.79 Å². The molecule has 1 saturated heterocycles. The quantitative estimate of drug-likeness (QED) is 0.851. The second kappa shape index (κ2) is 5.81. The molecule has 0 radical (unpaired) electrons. The fraction of sp³-hybridized carbons (Fsp3) is 0.400. The number of rotatable bonds is 4. The molecule has 1 atom stereocenters. The number of amides is 1. The van der Waals surface area contributed by atoms with Gasteiger partial charge in [0, 0.05) is 30.1 Å². The number of nitrogen functional groups attached to an aromatic ring is 1. The fourth-order valence-corrected chi connectivity index (χ4v) is 3.42. The molecule has 1 aromatic carbocycles. The minimum Gasteiger partial charge on any atom is -0.399 e. The van der Waals surface area contributed by atoms with Crippen molar-refractivity contribution in [3.8, 4) is 0 Å². The maximum absolute atomic E-state index is 12.1. The summed E-state index contributed by atoms with van der Waals surface area (Å²) in [5.41, 5.74) is 6.48. The van der Waals surface area contributed by atoms with Crippen molar-refractivity contribution in [1.82, 2.24) is 5.32 Å². The second-order valence-electron chi connectivity index (χ2n) is 5.18. The molecule has 1 aliphatic heterocycles. The lowest BCUT2D eigenvalue weighted by atomic mass is 10.1. The predicted octanol–water partition coefficient (Wildman–Crippen LogP) is 2.64. The number of anilines is 1. The highest BCUT2D eigenvalue weighted by molar-refractivity contribution is 7.20. The molecule has 3 rings (SSSR count). The van der Waals surface area contributed by atoms with E-state index in [0.717, 1.165) is 46.7 Å². The number of carbonyl (C=O) groups is 1. The van der Waals surface area contributed by atoms with Gasteiger partial charge in [0.1, 0.15) is 0 Å². The molecule has 1 unspecified atom stereocenters. The number of hydrogen-bond acceptors (Lipinski definition) is 4. The number of hydrogen-bond donors (Lipinski definition) is 2. The van der Waals surface area contributed by atoms with Gasteiger partial charge < -0.3 is 15.8 Å². The van der Waals surface area contributed by atoms with Crippen LogP contribution < -0.4 is 11.1 Å². The summed E-state index contributed by atoms with van der Waals surface area (Å²) < 4.78 is 6.42. The lowest BCUT2D eigenvalue weighted by Gasteiger charge is -2.07. The van der Waals surface area contributed by atoms with Gasteiger partial charge in [-0.15, -0.1) is 11.3 Å². The third-order valence-corrected chi connectivity index (χ3v) is 4.74. The van der Waals surface area contributed by atoms with Crippen molar-refractivity contribution in [2.24, 2.45) is 5.92 Å². The van der Waals surface area contributed by atoms with Crippen molar-refractivity contribution in [2.45, 2.75) is 12.8 Å². The smallest absolute Gasteiger partial charge is 0.261 e. The SMILES string of the molecule is Nc1ccc2sc(C(=O)NCCC3CCOC3)cc2c1. The molecule has 4 nitrogen and oxygen atoms in total. The summed E-state index contributed by atoms with van der Waals surface area (Å²) in [4.78, 5) is 12.9. The first kappa shape index (κ1) is 13.4. The molecule has 20 heavy (non-hydrogen) atoms. The van der Waals surface area contributed by atoms with Crippen LogP contribution in [0.5, 0.6) is 0 Å². The molecule has 106 valence electrons. The van der Waals surface area contributed by atoms with Crippen molar-refractivity contribution >= 4 is 33.0 Å². The zero-order valence-electron chi connectivity index (χ0n) is 11.2. The Morgan fingerprint density at radius 2 is 2.35 bits per heavy atom. The lowest BCUT2D eigenvalue weighted by molar-refractivity contribution is 0.0954. The predicted molar refractivity (Wildman–Crippen MR) is 82.1 cm³/mol. The summed E-state index contributed by atoms with van der Waals surface area (Å²) in [6.45, 7) is 2.40. The Morgan fingerprint density at radius 3 is 3.15 bits per heavy atom. The van der Waals surface area contributed by atoms with Crippen LogP contribution in [0.3, 0.4) is 0 Å². The van der Waals surface area contributed by atoms with Crippen LogP contribution in [-0.4, -0.2) is 25.7 Å². The first-order valence-corrected chi connectivity index (χ1v) is 7.69. The number of benzene rings is 1. The molecule has 0 bridgehead atoms. The number of thiophene rings is 1. The fourth-order valence-electron chi connectivity index (χ4n) is 2.46.